The number of rotatable bonds is 9. The fourth-order valence-corrected chi connectivity index (χ4v) is 7.24. The lowest BCUT2D eigenvalue weighted by Gasteiger charge is -2.19. The van der Waals surface area contributed by atoms with E-state index in [1.807, 2.05) is 11.0 Å². The third-order valence-electron chi connectivity index (χ3n) is 8.46. The molecule has 1 saturated heterocycles. The third kappa shape index (κ3) is 8.09. The van der Waals surface area contributed by atoms with Gasteiger partial charge in [-0.3, -0.25) is 10.3 Å². The molecule has 13 heteroatoms. The van der Waals surface area contributed by atoms with Crippen molar-refractivity contribution in [3.05, 3.63) is 40.7 Å². The molecule has 1 N–H and O–H groups in total. The van der Waals surface area contributed by atoms with Crippen molar-refractivity contribution in [2.24, 2.45) is 0 Å². The number of thiophene rings is 1. The van der Waals surface area contributed by atoms with Crippen molar-refractivity contribution in [1.29, 1.82) is 5.26 Å². The lowest BCUT2D eigenvalue weighted by molar-refractivity contribution is 0.0636. The second-order valence-electron chi connectivity index (χ2n) is 13.5. The highest BCUT2D eigenvalue weighted by molar-refractivity contribution is 7.23. The zero-order valence-corrected chi connectivity index (χ0v) is 30.0. The number of nitriles is 1. The first-order valence-corrected chi connectivity index (χ1v) is 17.8. The lowest BCUT2D eigenvalue weighted by Crippen LogP contribution is -2.27. The molecule has 0 saturated carbocycles. The smallest absolute Gasteiger partial charge is 0.412 e. The zero-order chi connectivity index (χ0) is 35.3. The van der Waals surface area contributed by atoms with Crippen molar-refractivity contribution in [3.63, 3.8) is 0 Å². The van der Waals surface area contributed by atoms with Crippen molar-refractivity contribution >= 4 is 49.4 Å². The predicted octanol–water partition coefficient (Wildman–Crippen LogP) is 8.55. The van der Waals surface area contributed by atoms with E-state index in [-0.39, 0.29) is 50.6 Å². The van der Waals surface area contributed by atoms with Crippen LogP contribution in [-0.2, 0) is 22.7 Å². The van der Waals surface area contributed by atoms with Crippen LogP contribution in [0.4, 0.5) is 24.5 Å². The maximum Gasteiger partial charge on any atom is 0.412 e. The van der Waals surface area contributed by atoms with Crippen LogP contribution in [0.15, 0.2) is 12.4 Å². The monoisotopic (exact) mass is 693 g/mol. The molecule has 262 valence electrons. The summed E-state index contributed by atoms with van der Waals surface area (Å²) in [6.45, 7) is 14.1. The summed E-state index contributed by atoms with van der Waals surface area (Å²) in [6, 6.07) is 2.04. The van der Waals surface area contributed by atoms with E-state index in [1.54, 1.807) is 27.0 Å². The molecule has 3 aromatic heterocycles. The summed E-state index contributed by atoms with van der Waals surface area (Å²) in [4.78, 5) is 30.2. The number of nitrogens with one attached hydrogen (secondary N) is 1. The number of benzene rings is 1. The number of hydrogen-bond acceptors (Lipinski definition) is 10. The van der Waals surface area contributed by atoms with Crippen LogP contribution in [0.2, 0.25) is 0 Å². The van der Waals surface area contributed by atoms with Gasteiger partial charge in [-0.05, 0) is 77.7 Å². The van der Waals surface area contributed by atoms with Gasteiger partial charge in [-0.25, -0.2) is 23.5 Å². The molecule has 0 spiro atoms. The molecule has 0 aliphatic carbocycles. The average molecular weight is 694 g/mol. The molecule has 0 radical (unpaired) electrons. The number of aromatic nitrogens is 3. The summed E-state index contributed by atoms with van der Waals surface area (Å²) in [5, 5.41) is 13.4. The quantitative estimate of drug-likeness (QED) is 0.172. The highest BCUT2D eigenvalue weighted by Gasteiger charge is 2.31. The van der Waals surface area contributed by atoms with Crippen LogP contribution >= 0.6 is 11.3 Å². The van der Waals surface area contributed by atoms with Crippen LogP contribution in [0.5, 0.6) is 0 Å². The van der Waals surface area contributed by atoms with Gasteiger partial charge in [0.1, 0.15) is 22.2 Å². The number of carbonyl (C=O) groups is 1. The summed E-state index contributed by atoms with van der Waals surface area (Å²) in [5.74, 6) is -0.896. The van der Waals surface area contributed by atoms with Gasteiger partial charge in [0.2, 0.25) is 5.95 Å². The van der Waals surface area contributed by atoms with Crippen LogP contribution in [0.1, 0.15) is 89.8 Å². The molecule has 0 bridgehead atoms. The summed E-state index contributed by atoms with van der Waals surface area (Å²) in [6.07, 6.45) is 9.21. The van der Waals surface area contributed by atoms with Crippen molar-refractivity contribution in [3.8, 4) is 17.3 Å². The van der Waals surface area contributed by atoms with Gasteiger partial charge in [0, 0.05) is 35.6 Å². The molecule has 1 fully saturated rings. The SMILES string of the molecule is CC(C)(C)OC(=O)Nc1sc2c(F)cnc(-c3c4c(c5cnc(N6CCCC6)nc5c3F)COC4)c2c1C#N.CCCCCN(C)CCC. The molecular weight excluding hydrogens is 649 g/mol. The molecule has 2 aliphatic heterocycles. The molecule has 5 heterocycles. The first kappa shape index (κ1) is 36.3. The minimum Gasteiger partial charge on any atom is -0.444 e. The number of nitrogens with zero attached hydrogens (tertiary/aromatic N) is 6. The predicted molar refractivity (Wildman–Crippen MR) is 190 cm³/mol. The van der Waals surface area contributed by atoms with Gasteiger partial charge >= 0.3 is 6.09 Å². The Bertz CT molecular complexity index is 1860. The lowest BCUT2D eigenvalue weighted by atomic mass is 9.94. The molecule has 0 atom stereocenters. The molecular formula is C36H45F2N7O3S. The van der Waals surface area contributed by atoms with Crippen molar-refractivity contribution in [2.75, 3.05) is 43.4 Å². The second kappa shape index (κ2) is 15.7. The number of hydrogen-bond donors (Lipinski definition) is 1. The van der Waals surface area contributed by atoms with E-state index in [4.69, 9.17) is 9.47 Å². The fourth-order valence-electron chi connectivity index (χ4n) is 6.20. The molecule has 2 aliphatic rings. The van der Waals surface area contributed by atoms with Crippen LogP contribution in [-0.4, -0.2) is 64.8 Å². The summed E-state index contributed by atoms with van der Waals surface area (Å²) in [7, 11) is 2.21. The number of fused-ring (bicyclic) bond motifs is 4. The molecule has 49 heavy (non-hydrogen) atoms. The highest BCUT2D eigenvalue weighted by atomic mass is 32.1. The number of halogens is 2. The van der Waals surface area contributed by atoms with E-state index in [2.05, 4.69) is 46.1 Å². The molecule has 6 rings (SSSR count). The number of ether oxygens (including phenoxy) is 2. The zero-order valence-electron chi connectivity index (χ0n) is 29.2. The Hall–Kier alpha value is -3.99. The van der Waals surface area contributed by atoms with Gasteiger partial charge < -0.3 is 19.3 Å². The average Bonchev–Trinajstić information content (AvgIpc) is 3.83. The first-order valence-electron chi connectivity index (χ1n) is 17.0. The molecule has 1 aromatic carbocycles. The van der Waals surface area contributed by atoms with Crippen LogP contribution < -0.4 is 10.2 Å². The van der Waals surface area contributed by atoms with Gasteiger partial charge in [0.15, 0.2) is 11.6 Å². The third-order valence-corrected chi connectivity index (χ3v) is 9.57. The number of unbranched alkanes of at least 4 members (excludes halogenated alkanes) is 2. The van der Waals surface area contributed by atoms with Gasteiger partial charge in [-0.2, -0.15) is 5.26 Å². The van der Waals surface area contributed by atoms with Crippen molar-refractivity contribution in [1.82, 2.24) is 19.9 Å². The Balaban J connectivity index is 0.000000409. The Morgan fingerprint density at radius 2 is 1.84 bits per heavy atom. The fraction of sp³-hybridized carbons (Fsp3) is 0.528. The number of amides is 1. The van der Waals surface area contributed by atoms with E-state index >= 15 is 8.78 Å². The Morgan fingerprint density at radius 3 is 2.51 bits per heavy atom. The largest absolute Gasteiger partial charge is 0.444 e. The summed E-state index contributed by atoms with van der Waals surface area (Å²) >= 11 is 0.865. The van der Waals surface area contributed by atoms with Crippen LogP contribution in [0.3, 0.4) is 0 Å². The summed E-state index contributed by atoms with van der Waals surface area (Å²) < 4.78 is 42.6. The molecule has 0 unspecified atom stereocenters. The van der Waals surface area contributed by atoms with Gasteiger partial charge in [0.25, 0.3) is 0 Å². The van der Waals surface area contributed by atoms with Crippen LogP contribution in [0, 0.1) is 23.0 Å². The number of carbonyl (C=O) groups excluding carboxylic acids is 1. The van der Waals surface area contributed by atoms with Gasteiger partial charge in [-0.1, -0.05) is 26.7 Å². The molecule has 10 nitrogen and oxygen atoms in total. The van der Waals surface area contributed by atoms with E-state index < -0.39 is 23.3 Å². The topological polar surface area (TPSA) is 116 Å². The summed E-state index contributed by atoms with van der Waals surface area (Å²) in [5.41, 5.74) is 0.768. The maximum absolute atomic E-state index is 16.5. The van der Waals surface area contributed by atoms with Crippen molar-refractivity contribution < 1.29 is 23.0 Å². The second-order valence-corrected chi connectivity index (χ2v) is 14.5. The number of pyridine rings is 1. The maximum atomic E-state index is 16.5. The highest BCUT2D eigenvalue weighted by Crippen LogP contribution is 2.46. The van der Waals surface area contributed by atoms with E-state index in [0.29, 0.717) is 16.9 Å². The number of anilines is 2. The van der Waals surface area contributed by atoms with Crippen molar-refractivity contribution in [2.45, 2.75) is 92.0 Å². The molecule has 1 amide bonds. The van der Waals surface area contributed by atoms with E-state index in [1.165, 1.54) is 38.8 Å². The Labute approximate surface area is 290 Å². The van der Waals surface area contributed by atoms with E-state index in [0.717, 1.165) is 49.0 Å². The van der Waals surface area contributed by atoms with E-state index in [9.17, 15) is 10.1 Å². The van der Waals surface area contributed by atoms with Crippen LogP contribution in [0.25, 0.3) is 32.2 Å². The first-order chi connectivity index (χ1) is 23.5. The Morgan fingerprint density at radius 1 is 1.10 bits per heavy atom. The van der Waals surface area contributed by atoms with Gasteiger partial charge in [-0.15, -0.1) is 11.3 Å². The molecule has 4 aromatic rings. The van der Waals surface area contributed by atoms with Gasteiger partial charge in [0.05, 0.1) is 35.4 Å². The Kier molecular flexibility index (Phi) is 11.6. The minimum atomic E-state index is -0.794. The standard InChI is InChI=1S/C27H24F2N6O3S.C9H21N/c1-27(2,3)38-26(36)34-24-13(8-30)19-22(31-10-17(28)23(19)39-24)18-16-12-37-11-15(16)14-9-32-25(33-21(14)20(18)29)35-6-4-5-7-35;1-4-6-7-9-10(3)8-5-2/h9-10H,4-7,11-12H2,1-3H3,(H,34,36);4-9H2,1-3H3. The normalized spacial score (nSPS) is 14.2. The minimum absolute atomic E-state index is 0.0320.